The number of likely N-dealkylation sites (tertiary alicyclic amines) is 3. The van der Waals surface area contributed by atoms with E-state index in [0.29, 0.717) is 5.56 Å². The second-order valence-corrected chi connectivity index (χ2v) is 29.2. The Labute approximate surface area is 641 Å². The van der Waals surface area contributed by atoms with E-state index >= 15 is 0 Å². The Morgan fingerprint density at radius 3 is 1.42 bits per heavy atom. The lowest BCUT2D eigenvalue weighted by Gasteiger charge is -2.32. The zero-order chi connectivity index (χ0) is 83.3. The number of carboxylic acid groups (broad SMARTS) is 2. The van der Waals surface area contributed by atoms with Gasteiger partial charge < -0.3 is 122 Å². The first-order chi connectivity index (χ1) is 52.1. The van der Waals surface area contributed by atoms with Gasteiger partial charge in [-0.3, -0.25) is 81.7 Å². The number of primary amides is 2. The Bertz CT molecular complexity index is 3520. The van der Waals surface area contributed by atoms with Crippen LogP contribution in [0.25, 0.3) is 0 Å². The number of aliphatic hydroxyl groups is 2. The standard InChI is InChI=1S/C70H111N19O22/c1-34(2)26-40(71)57(98)83-46(29-38-16-18-39(92)19-17-38)67(108)88-24-9-14-50(88)63(104)82-44(30-53(73)94)60(101)79-41(20-21-52(72)93)58(99)86-56(37(7)91)65(106)77-32-54(95)78-45(28-36(5)6)66(107)87-23-11-15-51(87)64(105)84-47(31-55(96)97)68(109)89-25-10-13-49(89)62(103)81-43(27-35(3)4)59(100)85-48(33-90)61(102)80-42(69(110)111)12-8-22-76-70(74)75/h16-19,34-37,40-51,56,90-92H,8-15,20-33,71H2,1-7H3,(H2,72,93)(H2,73,94)(H,77,106)(H,78,95)(H,79,101)(H,80,102)(H,81,103)(H,82,104)(H,83,98)(H,84,105)(H,85,100)(H,86,99)(H,96,97)(H,110,111)(H4,74,75,76)/t37-,40+,41+,42+,43+,44+,45+,46+,47+,48+,49+,50+,51+,56+/m1/s1. The minimum Gasteiger partial charge on any atom is -0.508 e. The molecule has 618 valence electrons. The molecule has 41 heteroatoms. The quantitative estimate of drug-likeness (QED) is 0.0164. The third-order valence-electron chi connectivity index (χ3n) is 18.5. The van der Waals surface area contributed by atoms with Crippen molar-refractivity contribution in [2.24, 2.45) is 51.4 Å². The lowest BCUT2D eigenvalue weighted by molar-refractivity contribution is -0.147. The summed E-state index contributed by atoms with van der Waals surface area (Å²) in [6, 6.07) is -13.7. The highest BCUT2D eigenvalue weighted by molar-refractivity contribution is 6.01. The Hall–Kier alpha value is -10.8. The molecule has 1 aromatic carbocycles. The van der Waals surface area contributed by atoms with Crippen molar-refractivity contribution in [3.8, 4) is 5.75 Å². The Kier molecular flexibility index (Phi) is 37.3. The molecule has 0 spiro atoms. The second-order valence-electron chi connectivity index (χ2n) is 29.2. The van der Waals surface area contributed by atoms with Gasteiger partial charge in [-0.05, 0) is 119 Å². The number of carboxylic acids is 2. The lowest BCUT2D eigenvalue weighted by Crippen LogP contribution is -2.61. The third-order valence-corrected chi connectivity index (χ3v) is 18.5. The molecule has 0 radical (unpaired) electrons. The predicted octanol–water partition coefficient (Wildman–Crippen LogP) is -7.02. The number of phenols is 1. The molecular formula is C70H111N19O22. The molecule has 0 aromatic heterocycles. The highest BCUT2D eigenvalue weighted by Gasteiger charge is 2.45. The number of guanidine groups is 1. The molecule has 3 aliphatic rings. The van der Waals surface area contributed by atoms with Crippen LogP contribution in [-0.4, -0.2) is 271 Å². The monoisotopic (exact) mass is 1570 g/mol. The van der Waals surface area contributed by atoms with Crippen molar-refractivity contribution in [3.05, 3.63) is 29.8 Å². The summed E-state index contributed by atoms with van der Waals surface area (Å²) in [7, 11) is 0. The lowest BCUT2D eigenvalue weighted by atomic mass is 10.0. The van der Waals surface area contributed by atoms with Gasteiger partial charge in [-0.1, -0.05) is 53.7 Å². The largest absolute Gasteiger partial charge is 0.508 e. The van der Waals surface area contributed by atoms with Crippen LogP contribution in [0.4, 0.5) is 0 Å². The van der Waals surface area contributed by atoms with Crippen LogP contribution in [0.1, 0.15) is 150 Å². The van der Waals surface area contributed by atoms with E-state index in [2.05, 4.69) is 58.2 Å². The summed E-state index contributed by atoms with van der Waals surface area (Å²) in [5.74, 6) is -18.5. The van der Waals surface area contributed by atoms with E-state index in [4.69, 9.17) is 28.7 Å². The van der Waals surface area contributed by atoms with Gasteiger partial charge in [-0.2, -0.15) is 0 Å². The molecule has 41 nitrogen and oxygen atoms in total. The van der Waals surface area contributed by atoms with Gasteiger partial charge in [0, 0.05) is 39.0 Å². The van der Waals surface area contributed by atoms with Gasteiger partial charge in [0.2, 0.25) is 88.6 Å². The van der Waals surface area contributed by atoms with Crippen molar-refractivity contribution in [3.63, 3.8) is 0 Å². The Morgan fingerprint density at radius 1 is 0.495 bits per heavy atom. The number of nitrogens with one attached hydrogen (secondary N) is 10. The molecule has 3 saturated heterocycles. The third kappa shape index (κ3) is 30.2. The Morgan fingerprint density at radius 2 is 0.946 bits per heavy atom. The van der Waals surface area contributed by atoms with E-state index in [-0.39, 0.29) is 133 Å². The average Bonchev–Trinajstić information content (AvgIpc) is 1.77. The molecule has 111 heavy (non-hydrogen) atoms. The number of aromatic hydroxyl groups is 1. The maximum absolute atomic E-state index is 14.5. The predicted molar refractivity (Wildman–Crippen MR) is 394 cm³/mol. The summed E-state index contributed by atoms with van der Waals surface area (Å²) >= 11 is 0. The first-order valence-corrected chi connectivity index (χ1v) is 36.9. The molecule has 0 saturated carbocycles. The number of nitrogens with zero attached hydrogens (tertiary/aromatic N) is 4. The molecule has 0 bridgehead atoms. The average molecular weight is 1570 g/mol. The fourth-order valence-corrected chi connectivity index (χ4v) is 13.0. The number of amides is 15. The van der Waals surface area contributed by atoms with Crippen molar-refractivity contribution in [1.82, 2.24) is 67.9 Å². The van der Waals surface area contributed by atoms with Crippen molar-refractivity contribution in [1.29, 1.82) is 0 Å². The SMILES string of the molecule is CC(C)C[C@H](NC(=O)[C@@H]1CCCN1C(=O)[C@H](CC(=O)O)NC(=O)[C@@H]1CCCN1C(=O)[C@H](CC(C)C)NC(=O)CNC(=O)[C@@H](NC(=O)[C@H](CCC(N)=O)NC(=O)[C@H](CC(N)=O)NC(=O)[C@@H]1CCCN1C(=O)[C@H](Cc1ccc(O)cc1)NC(=O)[C@@H](N)CC(C)C)[C@@H](C)O)C(=O)N[C@@H](CO)C(=O)N[C@@H](CCCN=C(N)N)C(=O)O. The van der Waals surface area contributed by atoms with E-state index in [0.717, 1.165) is 16.7 Å². The zero-order valence-electron chi connectivity index (χ0n) is 63.5. The van der Waals surface area contributed by atoms with Crippen LogP contribution in [0.5, 0.6) is 5.75 Å². The van der Waals surface area contributed by atoms with E-state index in [9.17, 15) is 107 Å². The maximum atomic E-state index is 14.5. The highest BCUT2D eigenvalue weighted by atomic mass is 16.4. The molecule has 3 aliphatic heterocycles. The smallest absolute Gasteiger partial charge is 0.326 e. The summed E-state index contributed by atoms with van der Waals surface area (Å²) in [5, 5.41) is 74.6. The molecule has 3 fully saturated rings. The summed E-state index contributed by atoms with van der Waals surface area (Å²) in [6.45, 7) is 9.59. The Balaban J connectivity index is 1.45. The number of rotatable bonds is 45. The van der Waals surface area contributed by atoms with Crippen LogP contribution in [0.2, 0.25) is 0 Å². The van der Waals surface area contributed by atoms with Crippen LogP contribution >= 0.6 is 0 Å². The molecule has 1 aromatic rings. The number of aliphatic carboxylic acids is 2. The van der Waals surface area contributed by atoms with Crippen molar-refractivity contribution >= 4 is 107 Å². The van der Waals surface area contributed by atoms with Crippen molar-refractivity contribution < 1.29 is 107 Å². The summed E-state index contributed by atoms with van der Waals surface area (Å²) in [4.78, 5) is 238. The molecule has 14 atom stereocenters. The van der Waals surface area contributed by atoms with Crippen molar-refractivity contribution in [2.45, 2.75) is 236 Å². The number of hydrogen-bond acceptors (Lipinski definition) is 22. The summed E-state index contributed by atoms with van der Waals surface area (Å²) in [5.41, 5.74) is 28.2. The van der Waals surface area contributed by atoms with Crippen LogP contribution in [0.3, 0.4) is 0 Å². The van der Waals surface area contributed by atoms with Gasteiger partial charge in [0.05, 0.1) is 38.1 Å². The van der Waals surface area contributed by atoms with Gasteiger partial charge in [0.15, 0.2) is 5.96 Å². The maximum Gasteiger partial charge on any atom is 0.326 e. The van der Waals surface area contributed by atoms with Crippen LogP contribution < -0.4 is 81.8 Å². The number of carbonyl (C=O) groups is 17. The molecule has 3 heterocycles. The molecular weight excluding hydrogens is 1460 g/mol. The van der Waals surface area contributed by atoms with Gasteiger partial charge in [-0.15, -0.1) is 0 Å². The van der Waals surface area contributed by atoms with E-state index in [1.807, 2.05) is 13.8 Å². The first-order valence-electron chi connectivity index (χ1n) is 36.9. The fourth-order valence-electron chi connectivity index (χ4n) is 13.0. The number of aliphatic imine (C=N–C) groups is 1. The summed E-state index contributed by atoms with van der Waals surface area (Å²) < 4.78 is 0. The highest BCUT2D eigenvalue weighted by Crippen LogP contribution is 2.25. The normalized spacial score (nSPS) is 18.4. The molecule has 25 N–H and O–H groups in total. The molecule has 4 rings (SSSR count). The number of nitrogens with two attached hydrogens (primary N) is 5. The number of hydrogen-bond donors (Lipinski definition) is 20. The van der Waals surface area contributed by atoms with Crippen LogP contribution in [0, 0.1) is 17.8 Å². The second kappa shape index (κ2) is 44.7. The number of aliphatic hydroxyl groups excluding tert-OH is 2. The van der Waals surface area contributed by atoms with Crippen LogP contribution in [-0.2, 0) is 87.9 Å². The number of carbonyl (C=O) groups excluding carboxylic acids is 15. The van der Waals surface area contributed by atoms with E-state index in [1.54, 1.807) is 27.7 Å². The van der Waals surface area contributed by atoms with E-state index < -0.39 is 224 Å². The van der Waals surface area contributed by atoms with Crippen LogP contribution in [0.15, 0.2) is 29.3 Å². The van der Waals surface area contributed by atoms with E-state index in [1.165, 1.54) is 29.2 Å². The van der Waals surface area contributed by atoms with Crippen molar-refractivity contribution in [2.75, 3.05) is 39.3 Å². The minimum atomic E-state index is -1.92. The fraction of sp³-hybridized carbons (Fsp3) is 0.657. The van der Waals surface area contributed by atoms with Gasteiger partial charge in [0.1, 0.15) is 78.3 Å². The topological polar surface area (TPSA) is 664 Å². The molecule has 0 aliphatic carbocycles. The first kappa shape index (κ1) is 92.5. The van der Waals surface area contributed by atoms with Gasteiger partial charge >= 0.3 is 11.9 Å². The van der Waals surface area contributed by atoms with Gasteiger partial charge in [0.25, 0.3) is 0 Å². The summed E-state index contributed by atoms with van der Waals surface area (Å²) in [6.07, 6.45) is -3.92. The zero-order valence-corrected chi connectivity index (χ0v) is 63.5. The van der Waals surface area contributed by atoms with Gasteiger partial charge in [-0.25, -0.2) is 4.79 Å². The molecule has 0 unspecified atom stereocenters. The minimum absolute atomic E-state index is 0.00468. The number of benzene rings is 1. The number of phenolic OH excluding ortho intramolecular Hbond substituents is 1. The molecule has 15 amide bonds.